The molecule has 17 heteroatoms. The van der Waals surface area contributed by atoms with Gasteiger partial charge in [0.25, 0.3) is 5.56 Å². The molecule has 2 aliphatic heterocycles. The first-order valence-electron chi connectivity index (χ1n) is 16.3. The predicted molar refractivity (Wildman–Crippen MR) is 176 cm³/mol. The lowest BCUT2D eigenvalue weighted by Gasteiger charge is -2.30. The van der Waals surface area contributed by atoms with Gasteiger partial charge in [-0.15, -0.1) is 15.0 Å². The molecule has 3 aromatic rings. The molecule has 5 heterocycles. The SMILES string of the molecule is CC(C)(C)OC(=O)N[C@H]1CCCCC/C=C\[C@H]2C[C@@]2(C(=O)O)NC(=O)[C@@H]2C[C@@H](n3ncc(-n4ncnn4)c(-c4ccsc4)c3=O)CN2C1=O. The molecule has 2 fully saturated rings. The fourth-order valence-electron chi connectivity index (χ4n) is 6.53. The molecule has 3 aromatic heterocycles. The lowest BCUT2D eigenvalue weighted by molar-refractivity contribution is -0.145. The summed E-state index contributed by atoms with van der Waals surface area (Å²) >= 11 is 1.40. The molecule has 3 aliphatic rings. The monoisotopic (exact) mass is 693 g/mol. The minimum atomic E-state index is -1.50. The lowest BCUT2D eigenvalue weighted by atomic mass is 10.0. The fraction of sp³-hybridized carbons (Fsp3) is 0.531. The number of nitrogens with one attached hydrogen (secondary N) is 2. The Morgan fingerprint density at radius 3 is 2.67 bits per heavy atom. The summed E-state index contributed by atoms with van der Waals surface area (Å²) in [5, 5.41) is 35.4. The Hall–Kier alpha value is -4.93. The average Bonchev–Trinajstić information content (AvgIpc) is 3.56. The molecule has 0 aromatic carbocycles. The van der Waals surface area contributed by atoms with Gasteiger partial charge in [0.05, 0.1) is 17.8 Å². The van der Waals surface area contributed by atoms with Crippen LogP contribution in [0, 0.1) is 5.92 Å². The molecule has 0 spiro atoms. The van der Waals surface area contributed by atoms with Gasteiger partial charge in [0.1, 0.15) is 28.9 Å². The van der Waals surface area contributed by atoms with Crippen molar-refractivity contribution in [2.24, 2.45) is 5.92 Å². The molecule has 1 saturated heterocycles. The van der Waals surface area contributed by atoms with Gasteiger partial charge in [-0.3, -0.25) is 14.4 Å². The molecular formula is C32H39N9O7S. The largest absolute Gasteiger partial charge is 0.479 e. The number of carboxylic acid groups (broad SMARTS) is 1. The number of hydrogen-bond acceptors (Lipinski definition) is 11. The minimum absolute atomic E-state index is 0.0240. The second-order valence-corrected chi connectivity index (χ2v) is 14.4. The summed E-state index contributed by atoms with van der Waals surface area (Å²) in [7, 11) is 0. The number of tetrazole rings is 1. The van der Waals surface area contributed by atoms with Crippen LogP contribution in [-0.4, -0.2) is 93.6 Å². The quantitative estimate of drug-likeness (QED) is 0.331. The van der Waals surface area contributed by atoms with E-state index in [2.05, 4.69) is 31.1 Å². The van der Waals surface area contributed by atoms with Crippen molar-refractivity contribution in [1.29, 1.82) is 0 Å². The molecule has 3 amide bonds. The predicted octanol–water partition coefficient (Wildman–Crippen LogP) is 2.46. The highest BCUT2D eigenvalue weighted by atomic mass is 32.1. The first-order valence-corrected chi connectivity index (χ1v) is 17.2. The van der Waals surface area contributed by atoms with E-state index >= 15 is 0 Å². The van der Waals surface area contributed by atoms with Crippen LogP contribution in [0.3, 0.4) is 0 Å². The third-order valence-corrected chi connectivity index (χ3v) is 9.71. The molecule has 0 bridgehead atoms. The fourth-order valence-corrected chi connectivity index (χ4v) is 7.18. The number of alkyl carbamates (subject to hydrolysis) is 1. The van der Waals surface area contributed by atoms with Crippen molar-refractivity contribution in [3.05, 3.63) is 51.9 Å². The summed E-state index contributed by atoms with van der Waals surface area (Å²) in [6.45, 7) is 5.05. The number of nitrogens with zero attached hydrogens (tertiary/aromatic N) is 7. The van der Waals surface area contributed by atoms with E-state index in [9.17, 15) is 29.1 Å². The van der Waals surface area contributed by atoms with Crippen molar-refractivity contribution in [3.63, 3.8) is 0 Å². The van der Waals surface area contributed by atoms with Crippen molar-refractivity contribution >= 4 is 35.2 Å². The van der Waals surface area contributed by atoms with Crippen molar-refractivity contribution in [2.75, 3.05) is 6.54 Å². The van der Waals surface area contributed by atoms with E-state index in [1.807, 2.05) is 17.5 Å². The number of amides is 3. The van der Waals surface area contributed by atoms with E-state index in [4.69, 9.17) is 4.74 Å². The smallest absolute Gasteiger partial charge is 0.408 e. The second-order valence-electron chi connectivity index (χ2n) is 13.6. The van der Waals surface area contributed by atoms with Crippen LogP contribution < -0.4 is 16.2 Å². The minimum Gasteiger partial charge on any atom is -0.479 e. The summed E-state index contributed by atoms with van der Waals surface area (Å²) < 4.78 is 6.70. The van der Waals surface area contributed by atoms with Crippen LogP contribution in [0.25, 0.3) is 16.8 Å². The Labute approximate surface area is 285 Å². The summed E-state index contributed by atoms with van der Waals surface area (Å²) in [5.41, 5.74) is -1.63. The molecular weight excluding hydrogens is 654 g/mol. The number of carbonyl (C=O) groups excluding carboxylic acids is 3. The van der Waals surface area contributed by atoms with Gasteiger partial charge in [-0.2, -0.15) is 16.4 Å². The maximum Gasteiger partial charge on any atom is 0.408 e. The number of hydrogen-bond donors (Lipinski definition) is 3. The highest BCUT2D eigenvalue weighted by molar-refractivity contribution is 7.08. The maximum atomic E-state index is 14.4. The number of carbonyl (C=O) groups is 4. The number of aliphatic carboxylic acids is 1. The third-order valence-electron chi connectivity index (χ3n) is 9.03. The third kappa shape index (κ3) is 7.11. The van der Waals surface area contributed by atoms with E-state index in [-0.39, 0.29) is 24.9 Å². The zero-order valence-electron chi connectivity index (χ0n) is 27.4. The number of carboxylic acids is 1. The zero-order chi connectivity index (χ0) is 34.9. The molecule has 16 nitrogen and oxygen atoms in total. The molecule has 1 aliphatic carbocycles. The number of allylic oxidation sites excluding steroid dienone is 1. The Morgan fingerprint density at radius 2 is 1.98 bits per heavy atom. The summed E-state index contributed by atoms with van der Waals surface area (Å²) in [5.74, 6) is -2.74. The van der Waals surface area contributed by atoms with E-state index in [0.29, 0.717) is 24.1 Å². The Morgan fingerprint density at radius 1 is 1.16 bits per heavy atom. The maximum absolute atomic E-state index is 14.4. The lowest BCUT2D eigenvalue weighted by Crippen LogP contribution is -2.56. The Kier molecular flexibility index (Phi) is 9.37. The van der Waals surface area contributed by atoms with E-state index in [0.717, 1.165) is 19.3 Å². The standard InChI is InChI=1S/C32H39N9O7S/c1-31(2,3)48-30(47)36-22-10-8-6-4-5-7-9-20-14-32(20,29(45)46)37-26(42)23-13-21(16-39(23)27(22)43)40-28(44)25(19-11-12-49-17-19)24(15-34-40)41-35-18-33-38-41/h7,9,11-12,15,17-18,20-23H,4-6,8,10,13-14,16H2,1-3H3,(H,36,47)(H,37,42)(H,45,46)/b9-7-/t20-,21+,22-,23-,32+/m0/s1. The van der Waals surface area contributed by atoms with Crippen molar-refractivity contribution in [1.82, 2.24) is 45.5 Å². The summed E-state index contributed by atoms with van der Waals surface area (Å²) in [4.78, 5) is 70.4. The number of fused-ring (bicyclic) bond motifs is 2. The zero-order valence-corrected chi connectivity index (χ0v) is 28.3. The van der Waals surface area contributed by atoms with Crippen LogP contribution in [0.15, 0.2) is 46.3 Å². The van der Waals surface area contributed by atoms with Gasteiger partial charge in [0, 0.05) is 24.4 Å². The van der Waals surface area contributed by atoms with E-state index in [1.165, 1.54) is 38.2 Å². The van der Waals surface area contributed by atoms with Gasteiger partial charge in [0.15, 0.2) is 6.33 Å². The van der Waals surface area contributed by atoms with E-state index < -0.39 is 64.6 Å². The van der Waals surface area contributed by atoms with Crippen LogP contribution in [0.2, 0.25) is 0 Å². The van der Waals surface area contributed by atoms with Gasteiger partial charge >= 0.3 is 12.1 Å². The number of aromatic nitrogens is 6. The molecule has 1 saturated carbocycles. The van der Waals surface area contributed by atoms with Gasteiger partial charge in [0.2, 0.25) is 11.8 Å². The molecule has 260 valence electrons. The number of rotatable bonds is 5. The summed E-state index contributed by atoms with van der Waals surface area (Å²) in [6, 6.07) is -1.17. The van der Waals surface area contributed by atoms with Gasteiger partial charge in [-0.05, 0) is 68.5 Å². The van der Waals surface area contributed by atoms with Crippen LogP contribution >= 0.6 is 11.3 Å². The van der Waals surface area contributed by atoms with Gasteiger partial charge in [-0.25, -0.2) is 14.3 Å². The van der Waals surface area contributed by atoms with Crippen molar-refractivity contribution in [3.8, 4) is 16.8 Å². The van der Waals surface area contributed by atoms with E-state index in [1.54, 1.807) is 32.2 Å². The number of ether oxygens (including phenoxy) is 1. The molecule has 0 unspecified atom stereocenters. The highest BCUT2D eigenvalue weighted by Gasteiger charge is 2.61. The Bertz CT molecular complexity index is 1800. The van der Waals surface area contributed by atoms with Crippen LogP contribution in [0.1, 0.15) is 71.8 Å². The van der Waals surface area contributed by atoms with Crippen molar-refractivity contribution < 1.29 is 29.0 Å². The van der Waals surface area contributed by atoms with Gasteiger partial charge < -0.3 is 25.4 Å². The molecule has 0 radical (unpaired) electrons. The molecule has 49 heavy (non-hydrogen) atoms. The average molecular weight is 694 g/mol. The summed E-state index contributed by atoms with van der Waals surface area (Å²) in [6.07, 6.45) is 9.05. The number of thiophene rings is 1. The van der Waals surface area contributed by atoms with Crippen LogP contribution in [-0.2, 0) is 19.1 Å². The topological polar surface area (TPSA) is 204 Å². The van der Waals surface area contributed by atoms with Crippen molar-refractivity contribution in [2.45, 2.75) is 95.0 Å². The van der Waals surface area contributed by atoms with Crippen LogP contribution in [0.5, 0.6) is 0 Å². The Balaban J connectivity index is 1.38. The first-order chi connectivity index (χ1) is 23.4. The van der Waals surface area contributed by atoms with Gasteiger partial charge in [-0.1, -0.05) is 25.0 Å². The molecule has 6 rings (SSSR count). The van der Waals surface area contributed by atoms with Crippen LogP contribution in [0.4, 0.5) is 4.79 Å². The highest BCUT2D eigenvalue weighted by Crippen LogP contribution is 2.45. The first kappa shape index (κ1) is 34.0. The second kappa shape index (κ2) is 13.5. The normalized spacial score (nSPS) is 26.8. The molecule has 3 N–H and O–H groups in total. The molecule has 5 atom stereocenters.